The van der Waals surface area contributed by atoms with Crippen molar-refractivity contribution in [2.24, 2.45) is 0 Å². The molecule has 0 fully saturated rings. The molecule has 0 saturated heterocycles. The summed E-state index contributed by atoms with van der Waals surface area (Å²) in [5.41, 5.74) is 5.20. The number of hydrogen-bond donors (Lipinski definition) is 1. The van der Waals surface area contributed by atoms with Gasteiger partial charge >= 0.3 is 0 Å². The van der Waals surface area contributed by atoms with Crippen molar-refractivity contribution in [1.82, 2.24) is 25.2 Å². The number of fused-ring (bicyclic) bond motifs is 2. The van der Waals surface area contributed by atoms with Gasteiger partial charge in [-0.15, -0.1) is 5.10 Å². The van der Waals surface area contributed by atoms with Crippen LogP contribution >= 0.6 is 0 Å². The lowest BCUT2D eigenvalue weighted by atomic mass is 9.92. The van der Waals surface area contributed by atoms with Crippen molar-refractivity contribution in [2.75, 3.05) is 4.90 Å². The molecule has 0 aliphatic carbocycles. The summed E-state index contributed by atoms with van der Waals surface area (Å²) in [6.07, 6.45) is 2.48. The molecule has 2 atom stereocenters. The third kappa shape index (κ3) is 4.36. The van der Waals surface area contributed by atoms with Crippen LogP contribution in [0.5, 0.6) is 0 Å². The van der Waals surface area contributed by atoms with Crippen LogP contribution in [0.25, 0.3) is 10.9 Å². The summed E-state index contributed by atoms with van der Waals surface area (Å²) in [6.45, 7) is 4.71. The summed E-state index contributed by atoms with van der Waals surface area (Å²) >= 11 is 0. The minimum atomic E-state index is -0.577. The normalized spacial score (nSPS) is 16.0. The van der Waals surface area contributed by atoms with Crippen molar-refractivity contribution in [3.63, 3.8) is 0 Å². The number of tetrazole rings is 1. The summed E-state index contributed by atoms with van der Waals surface area (Å²) in [4.78, 5) is 19.0. The monoisotopic (exact) mass is 508 g/mol. The van der Waals surface area contributed by atoms with E-state index in [9.17, 15) is 9.18 Å². The summed E-state index contributed by atoms with van der Waals surface area (Å²) in [7, 11) is 0. The molecule has 3 heterocycles. The first-order valence-corrected chi connectivity index (χ1v) is 13.0. The van der Waals surface area contributed by atoms with E-state index >= 15 is 0 Å². The van der Waals surface area contributed by atoms with Crippen LogP contribution in [0.2, 0.25) is 0 Å². The fourth-order valence-electron chi connectivity index (χ4n) is 5.53. The summed E-state index contributed by atoms with van der Waals surface area (Å²) in [5, 5.41) is 13.8. The predicted octanol–water partition coefficient (Wildman–Crippen LogP) is 5.20. The number of halogens is 1. The van der Waals surface area contributed by atoms with Crippen LogP contribution in [-0.2, 0) is 19.4 Å². The molecule has 0 spiro atoms. The Balaban J connectivity index is 1.57. The molecular formula is C30H29FN6O. The third-order valence-electron chi connectivity index (χ3n) is 7.52. The summed E-state index contributed by atoms with van der Waals surface area (Å²) < 4.78 is 16.0. The van der Waals surface area contributed by atoms with Gasteiger partial charge in [0.2, 0.25) is 0 Å². The molecular weight excluding hydrogens is 479 g/mol. The SMILES string of the molecule is CCc1ccc2[nH]c(=O)c([C@@H](c3nnnn3Cc3ccccc3)N3c4ccc(F)cc4CC[C@@H]3C)cc2c1. The molecule has 0 saturated carbocycles. The van der Waals surface area contributed by atoms with Crippen LogP contribution < -0.4 is 10.5 Å². The number of rotatable bonds is 6. The van der Waals surface area contributed by atoms with Gasteiger partial charge in [-0.05, 0) is 95.1 Å². The van der Waals surface area contributed by atoms with E-state index in [1.165, 1.54) is 11.6 Å². The van der Waals surface area contributed by atoms with Crippen molar-refractivity contribution in [2.45, 2.75) is 51.7 Å². The number of aromatic amines is 1. The summed E-state index contributed by atoms with van der Waals surface area (Å²) in [5.74, 6) is 0.300. The Hall–Kier alpha value is -4.33. The second-order valence-corrected chi connectivity index (χ2v) is 9.98. The smallest absolute Gasteiger partial charge is 0.254 e. The molecule has 8 heteroatoms. The van der Waals surface area contributed by atoms with Gasteiger partial charge in [-0.25, -0.2) is 9.07 Å². The Bertz CT molecular complexity index is 1660. The molecule has 0 amide bonds. The standard InChI is InChI=1S/C30H29FN6O/c1-3-20-10-13-26-23(15-20)17-25(30(38)32-26)28(29-33-34-35-36(29)18-21-7-5-4-6-8-21)37-19(2)9-11-22-16-24(31)12-14-27(22)37/h4-8,10,12-17,19,28H,3,9,11,18H2,1-2H3,(H,32,38)/t19-,28-/m0/s1. The number of nitrogens with one attached hydrogen (secondary N) is 1. The molecule has 7 nitrogen and oxygen atoms in total. The maximum Gasteiger partial charge on any atom is 0.254 e. The van der Waals surface area contributed by atoms with Gasteiger partial charge < -0.3 is 9.88 Å². The van der Waals surface area contributed by atoms with Crippen LogP contribution in [0.15, 0.2) is 77.6 Å². The topological polar surface area (TPSA) is 79.7 Å². The number of aromatic nitrogens is 5. The first-order valence-electron chi connectivity index (χ1n) is 13.0. The predicted molar refractivity (Wildman–Crippen MR) is 146 cm³/mol. The minimum Gasteiger partial charge on any atom is -0.354 e. The van der Waals surface area contributed by atoms with E-state index in [0.717, 1.165) is 47.0 Å². The fourth-order valence-corrected chi connectivity index (χ4v) is 5.53. The number of H-pyrrole nitrogens is 1. The molecule has 0 unspecified atom stereocenters. The van der Waals surface area contributed by atoms with Crippen molar-refractivity contribution >= 4 is 16.6 Å². The molecule has 5 aromatic rings. The van der Waals surface area contributed by atoms with Gasteiger partial charge in [0.1, 0.15) is 11.9 Å². The van der Waals surface area contributed by atoms with Gasteiger partial charge in [-0.1, -0.05) is 43.3 Å². The Labute approximate surface area is 219 Å². The van der Waals surface area contributed by atoms with Gasteiger partial charge in [0.05, 0.1) is 6.54 Å². The van der Waals surface area contributed by atoms with Crippen molar-refractivity contribution in [3.05, 3.63) is 117 Å². The highest BCUT2D eigenvalue weighted by atomic mass is 19.1. The van der Waals surface area contributed by atoms with E-state index in [1.807, 2.05) is 54.6 Å². The third-order valence-corrected chi connectivity index (χ3v) is 7.52. The highest BCUT2D eigenvalue weighted by Crippen LogP contribution is 2.40. The van der Waals surface area contributed by atoms with E-state index < -0.39 is 6.04 Å². The van der Waals surface area contributed by atoms with Crippen LogP contribution in [0, 0.1) is 5.82 Å². The average molecular weight is 509 g/mol. The first kappa shape index (κ1) is 24.0. The van der Waals surface area contributed by atoms with Crippen molar-refractivity contribution in [3.8, 4) is 0 Å². The number of hydrogen-bond acceptors (Lipinski definition) is 5. The molecule has 6 rings (SSSR count). The van der Waals surface area contributed by atoms with E-state index in [0.29, 0.717) is 17.9 Å². The van der Waals surface area contributed by atoms with E-state index in [2.05, 4.69) is 45.3 Å². The number of aryl methyl sites for hydroxylation is 2. The van der Waals surface area contributed by atoms with Gasteiger partial charge in [-0.3, -0.25) is 4.79 Å². The van der Waals surface area contributed by atoms with E-state index in [1.54, 1.807) is 10.7 Å². The molecule has 38 heavy (non-hydrogen) atoms. The van der Waals surface area contributed by atoms with E-state index in [4.69, 9.17) is 0 Å². The molecule has 1 aliphatic rings. The zero-order valence-electron chi connectivity index (χ0n) is 21.4. The lowest BCUT2D eigenvalue weighted by Crippen LogP contribution is -2.43. The largest absolute Gasteiger partial charge is 0.354 e. The highest BCUT2D eigenvalue weighted by Gasteiger charge is 2.36. The van der Waals surface area contributed by atoms with Crippen molar-refractivity contribution < 1.29 is 4.39 Å². The van der Waals surface area contributed by atoms with Crippen LogP contribution in [0.1, 0.15) is 54.4 Å². The Morgan fingerprint density at radius 2 is 1.89 bits per heavy atom. The quantitative estimate of drug-likeness (QED) is 0.341. The minimum absolute atomic E-state index is 0.0666. The molecule has 192 valence electrons. The van der Waals surface area contributed by atoms with Crippen LogP contribution in [0.3, 0.4) is 0 Å². The van der Waals surface area contributed by atoms with Crippen LogP contribution in [0.4, 0.5) is 10.1 Å². The fraction of sp³-hybridized carbons (Fsp3) is 0.267. The number of nitrogens with zero attached hydrogens (tertiary/aromatic N) is 5. The van der Waals surface area contributed by atoms with Gasteiger partial charge in [0, 0.05) is 22.8 Å². The number of anilines is 1. The Kier molecular flexibility index (Phi) is 6.23. The average Bonchev–Trinajstić information content (AvgIpc) is 3.38. The lowest BCUT2D eigenvalue weighted by molar-refractivity contribution is 0.491. The van der Waals surface area contributed by atoms with E-state index in [-0.39, 0.29) is 17.4 Å². The zero-order chi connectivity index (χ0) is 26.2. The molecule has 1 N–H and O–H groups in total. The summed E-state index contributed by atoms with van der Waals surface area (Å²) in [6, 6.07) is 22.4. The van der Waals surface area contributed by atoms with Crippen molar-refractivity contribution in [1.29, 1.82) is 0 Å². The maximum absolute atomic E-state index is 14.2. The molecule has 2 aromatic heterocycles. The lowest BCUT2D eigenvalue weighted by Gasteiger charge is -2.42. The zero-order valence-corrected chi connectivity index (χ0v) is 21.4. The highest BCUT2D eigenvalue weighted by molar-refractivity contribution is 5.80. The number of pyridine rings is 1. The second kappa shape index (κ2) is 9.85. The van der Waals surface area contributed by atoms with Gasteiger partial charge in [0.25, 0.3) is 5.56 Å². The molecule has 0 radical (unpaired) electrons. The van der Waals surface area contributed by atoms with Gasteiger partial charge in [-0.2, -0.15) is 0 Å². The molecule has 3 aromatic carbocycles. The second-order valence-electron chi connectivity index (χ2n) is 9.98. The molecule has 1 aliphatic heterocycles. The first-order chi connectivity index (χ1) is 18.5. The Morgan fingerprint density at radius 1 is 1.05 bits per heavy atom. The van der Waals surface area contributed by atoms with Gasteiger partial charge in [0.15, 0.2) is 5.82 Å². The Morgan fingerprint density at radius 3 is 2.71 bits per heavy atom. The number of benzene rings is 3. The maximum atomic E-state index is 14.2. The molecule has 0 bridgehead atoms. The van der Waals surface area contributed by atoms with Crippen LogP contribution in [-0.4, -0.2) is 31.2 Å².